The molecule has 1 rings (SSSR count). The zero-order chi connectivity index (χ0) is 15.5. The van der Waals surface area contributed by atoms with Crippen molar-refractivity contribution in [2.24, 2.45) is 0 Å². The smallest absolute Gasteiger partial charge is 0.340 e. The van der Waals surface area contributed by atoms with Crippen molar-refractivity contribution < 1.29 is 22.3 Å². The Morgan fingerprint density at radius 1 is 1.40 bits per heavy atom. The van der Waals surface area contributed by atoms with Gasteiger partial charge >= 0.3 is 5.97 Å². The summed E-state index contributed by atoms with van der Waals surface area (Å²) in [6, 6.07) is 2.77. The molecule has 0 bridgehead atoms. The van der Waals surface area contributed by atoms with E-state index < -0.39 is 26.5 Å². The molecular weight excluding hydrogens is 283 g/mol. The van der Waals surface area contributed by atoms with Crippen molar-refractivity contribution in [3.63, 3.8) is 0 Å². The highest BCUT2D eigenvalue weighted by Crippen LogP contribution is 2.31. The predicted molar refractivity (Wildman–Crippen MR) is 74.2 cm³/mol. The second-order valence-electron chi connectivity index (χ2n) is 4.80. The average molecular weight is 302 g/mol. The number of ether oxygens (including phenoxy) is 1. The number of hydrogen-bond acceptors (Lipinski definition) is 4. The van der Waals surface area contributed by atoms with E-state index in [0.717, 1.165) is 26.2 Å². The first-order valence-electron chi connectivity index (χ1n) is 6.34. The third-order valence-corrected chi connectivity index (χ3v) is 4.31. The molecular formula is C14H19FO4S. The van der Waals surface area contributed by atoms with Crippen LogP contribution in [0.4, 0.5) is 4.39 Å². The Hall–Kier alpha value is -1.43. The Morgan fingerprint density at radius 3 is 2.45 bits per heavy atom. The van der Waals surface area contributed by atoms with E-state index in [1.165, 1.54) is 12.1 Å². The van der Waals surface area contributed by atoms with Crippen LogP contribution in [0.25, 0.3) is 0 Å². The summed E-state index contributed by atoms with van der Waals surface area (Å²) in [5.41, 5.74) is 0.0416. The molecule has 0 heterocycles. The standard InChI is InChI=1S/C14H19FO4S/c1-5-6-9(2)10-7-8-11(14(16)19-3)12(15)13(10)20(4,17)18/h7-9H,5-6H2,1-4H3. The van der Waals surface area contributed by atoms with Gasteiger partial charge in [0.1, 0.15) is 4.90 Å². The zero-order valence-electron chi connectivity index (χ0n) is 12.1. The summed E-state index contributed by atoms with van der Waals surface area (Å²) in [7, 11) is -2.65. The van der Waals surface area contributed by atoms with Crippen LogP contribution in [0.15, 0.2) is 17.0 Å². The number of benzene rings is 1. The molecule has 0 saturated carbocycles. The highest BCUT2D eigenvalue weighted by Gasteiger charge is 2.27. The molecule has 1 aromatic carbocycles. The number of esters is 1. The van der Waals surface area contributed by atoms with Crippen LogP contribution in [0.1, 0.15) is 48.5 Å². The van der Waals surface area contributed by atoms with Gasteiger partial charge in [0.05, 0.1) is 12.7 Å². The van der Waals surface area contributed by atoms with Crippen molar-refractivity contribution in [2.75, 3.05) is 13.4 Å². The summed E-state index contributed by atoms with van der Waals surface area (Å²) in [5, 5.41) is 0. The minimum atomic E-state index is -3.77. The van der Waals surface area contributed by atoms with Crippen LogP contribution in [0, 0.1) is 5.82 Å². The Bertz CT molecular complexity index is 608. The van der Waals surface area contributed by atoms with Crippen molar-refractivity contribution in [1.29, 1.82) is 0 Å². The van der Waals surface area contributed by atoms with Crippen LogP contribution >= 0.6 is 0 Å². The van der Waals surface area contributed by atoms with E-state index in [9.17, 15) is 17.6 Å². The fourth-order valence-corrected chi connectivity index (χ4v) is 3.32. The molecule has 0 fully saturated rings. The monoisotopic (exact) mass is 302 g/mol. The summed E-state index contributed by atoms with van der Waals surface area (Å²) in [4.78, 5) is 11.1. The van der Waals surface area contributed by atoms with Gasteiger partial charge < -0.3 is 4.74 Å². The topological polar surface area (TPSA) is 60.4 Å². The summed E-state index contributed by atoms with van der Waals surface area (Å²) in [6.07, 6.45) is 2.53. The molecule has 6 heteroatoms. The van der Waals surface area contributed by atoms with E-state index in [2.05, 4.69) is 4.74 Å². The Morgan fingerprint density at radius 2 is 2.00 bits per heavy atom. The fraction of sp³-hybridized carbons (Fsp3) is 0.500. The molecule has 1 aromatic rings. The lowest BCUT2D eigenvalue weighted by molar-refractivity contribution is 0.0594. The van der Waals surface area contributed by atoms with Gasteiger partial charge in [0.2, 0.25) is 0 Å². The first-order chi connectivity index (χ1) is 9.23. The van der Waals surface area contributed by atoms with E-state index in [-0.39, 0.29) is 11.5 Å². The second-order valence-corrected chi connectivity index (χ2v) is 6.75. The molecule has 0 N–H and O–H groups in total. The Labute approximate surface area is 118 Å². The average Bonchev–Trinajstić information content (AvgIpc) is 2.36. The molecule has 20 heavy (non-hydrogen) atoms. The van der Waals surface area contributed by atoms with E-state index in [0.29, 0.717) is 5.56 Å². The summed E-state index contributed by atoms with van der Waals surface area (Å²) in [6.45, 7) is 3.81. The molecule has 0 saturated heterocycles. The molecule has 0 amide bonds. The maximum absolute atomic E-state index is 14.4. The van der Waals surface area contributed by atoms with Crippen LogP contribution in [-0.2, 0) is 14.6 Å². The van der Waals surface area contributed by atoms with E-state index >= 15 is 0 Å². The highest BCUT2D eigenvalue weighted by molar-refractivity contribution is 7.90. The van der Waals surface area contributed by atoms with Crippen molar-refractivity contribution in [3.05, 3.63) is 29.1 Å². The van der Waals surface area contributed by atoms with Gasteiger partial charge in [-0.15, -0.1) is 0 Å². The molecule has 112 valence electrons. The summed E-state index contributed by atoms with van der Waals surface area (Å²) >= 11 is 0. The molecule has 1 unspecified atom stereocenters. The van der Waals surface area contributed by atoms with Gasteiger partial charge in [0, 0.05) is 6.26 Å². The van der Waals surface area contributed by atoms with E-state index in [4.69, 9.17) is 0 Å². The first-order valence-corrected chi connectivity index (χ1v) is 8.23. The lowest BCUT2D eigenvalue weighted by Crippen LogP contribution is -2.13. The minimum Gasteiger partial charge on any atom is -0.465 e. The molecule has 0 aliphatic carbocycles. The fourth-order valence-electron chi connectivity index (χ4n) is 2.19. The molecule has 1 atom stereocenters. The zero-order valence-corrected chi connectivity index (χ0v) is 12.9. The number of methoxy groups -OCH3 is 1. The molecule has 0 aromatic heterocycles. The van der Waals surface area contributed by atoms with Crippen LogP contribution in [0.3, 0.4) is 0 Å². The Balaban J connectivity index is 3.57. The number of halogens is 1. The Kier molecular flexibility index (Phi) is 5.28. The lowest BCUT2D eigenvalue weighted by Gasteiger charge is -2.17. The van der Waals surface area contributed by atoms with Crippen LogP contribution in [-0.4, -0.2) is 27.8 Å². The lowest BCUT2D eigenvalue weighted by atomic mass is 9.95. The minimum absolute atomic E-state index is 0.106. The van der Waals surface area contributed by atoms with Crippen molar-refractivity contribution >= 4 is 15.8 Å². The van der Waals surface area contributed by atoms with Gasteiger partial charge in [-0.1, -0.05) is 26.3 Å². The molecule has 4 nitrogen and oxygen atoms in total. The van der Waals surface area contributed by atoms with E-state index in [1.807, 2.05) is 13.8 Å². The van der Waals surface area contributed by atoms with Crippen molar-refractivity contribution in [2.45, 2.75) is 37.5 Å². The number of rotatable bonds is 5. The third kappa shape index (κ3) is 3.36. The number of carbonyl (C=O) groups is 1. The maximum Gasteiger partial charge on any atom is 0.340 e. The summed E-state index contributed by atoms with van der Waals surface area (Å²) in [5.74, 6) is -2.02. The highest BCUT2D eigenvalue weighted by atomic mass is 32.2. The largest absolute Gasteiger partial charge is 0.465 e. The number of sulfone groups is 1. The van der Waals surface area contributed by atoms with Gasteiger partial charge in [-0.3, -0.25) is 0 Å². The van der Waals surface area contributed by atoms with Crippen molar-refractivity contribution in [3.8, 4) is 0 Å². The number of carbonyl (C=O) groups excluding carboxylic acids is 1. The number of hydrogen-bond donors (Lipinski definition) is 0. The van der Waals surface area contributed by atoms with Gasteiger partial charge in [0.25, 0.3) is 0 Å². The van der Waals surface area contributed by atoms with Gasteiger partial charge in [-0.25, -0.2) is 17.6 Å². The van der Waals surface area contributed by atoms with Crippen LogP contribution < -0.4 is 0 Å². The van der Waals surface area contributed by atoms with Gasteiger partial charge in [-0.05, 0) is 24.0 Å². The first kappa shape index (κ1) is 16.6. The molecule has 0 radical (unpaired) electrons. The molecule has 0 aliphatic heterocycles. The quantitative estimate of drug-likeness (QED) is 0.785. The SMILES string of the molecule is CCCC(C)c1ccc(C(=O)OC)c(F)c1S(C)(=O)=O. The summed E-state index contributed by atoms with van der Waals surface area (Å²) < 4.78 is 42.6. The van der Waals surface area contributed by atoms with Crippen LogP contribution in [0.2, 0.25) is 0 Å². The predicted octanol–water partition coefficient (Wildman–Crippen LogP) is 2.92. The van der Waals surface area contributed by atoms with Gasteiger partial charge in [0.15, 0.2) is 15.7 Å². The maximum atomic E-state index is 14.4. The van der Waals surface area contributed by atoms with Gasteiger partial charge in [-0.2, -0.15) is 0 Å². The van der Waals surface area contributed by atoms with E-state index in [1.54, 1.807) is 0 Å². The van der Waals surface area contributed by atoms with Crippen molar-refractivity contribution in [1.82, 2.24) is 0 Å². The molecule has 0 spiro atoms. The second kappa shape index (κ2) is 6.35. The molecule has 0 aliphatic rings. The third-order valence-electron chi connectivity index (χ3n) is 3.16. The normalized spacial score (nSPS) is 13.1. The van der Waals surface area contributed by atoms with Crippen LogP contribution in [0.5, 0.6) is 0 Å².